The lowest BCUT2D eigenvalue weighted by Crippen LogP contribution is -2.49. The van der Waals surface area contributed by atoms with Gasteiger partial charge in [-0.05, 0) is 42.7 Å². The van der Waals surface area contributed by atoms with Gasteiger partial charge in [0, 0.05) is 50.7 Å². The van der Waals surface area contributed by atoms with Crippen molar-refractivity contribution in [1.82, 2.24) is 29.7 Å². The number of hydrogen-bond acceptors (Lipinski definition) is 7. The van der Waals surface area contributed by atoms with Gasteiger partial charge in [0.25, 0.3) is 0 Å². The van der Waals surface area contributed by atoms with Crippen LogP contribution < -0.4 is 9.64 Å². The predicted octanol–water partition coefficient (Wildman–Crippen LogP) is 4.61. The number of imidazole rings is 1. The zero-order valence-corrected chi connectivity index (χ0v) is 22.1. The maximum Gasteiger partial charge on any atom is 0.162 e. The number of rotatable bonds is 7. The van der Waals surface area contributed by atoms with Crippen LogP contribution in [0.15, 0.2) is 49.1 Å². The summed E-state index contributed by atoms with van der Waals surface area (Å²) in [6.07, 6.45) is 11.1. The molecule has 2 aromatic carbocycles. The summed E-state index contributed by atoms with van der Waals surface area (Å²) in [5.74, 6) is 1.87. The molecule has 8 nitrogen and oxygen atoms in total. The lowest BCUT2D eigenvalue weighted by atomic mass is 10.0. The Kier molecular flexibility index (Phi) is 6.59. The highest BCUT2D eigenvalue weighted by atomic mass is 16.5. The molecular weight excluding hydrogens is 474 g/mol. The Balaban J connectivity index is 1.04. The van der Waals surface area contributed by atoms with Crippen molar-refractivity contribution >= 4 is 27.8 Å². The first kappa shape index (κ1) is 23.9. The zero-order valence-electron chi connectivity index (χ0n) is 22.1. The van der Waals surface area contributed by atoms with Crippen molar-refractivity contribution in [2.75, 3.05) is 44.2 Å². The molecule has 0 bridgehead atoms. The molecule has 3 fully saturated rings. The van der Waals surface area contributed by atoms with Gasteiger partial charge >= 0.3 is 0 Å². The molecule has 4 aromatic rings. The smallest absolute Gasteiger partial charge is 0.162 e. The number of aromatic amines is 1. The molecule has 1 atom stereocenters. The number of nitrogens with zero attached hydrogens (tertiary/aromatic N) is 6. The predicted molar refractivity (Wildman–Crippen MR) is 151 cm³/mol. The number of nitrogens with one attached hydrogen (secondary N) is 1. The van der Waals surface area contributed by atoms with Gasteiger partial charge in [0.1, 0.15) is 24.2 Å². The Hall–Kier alpha value is -3.23. The fraction of sp³-hybridized carbons (Fsp3) is 0.500. The van der Waals surface area contributed by atoms with E-state index in [2.05, 4.69) is 71.0 Å². The van der Waals surface area contributed by atoms with Gasteiger partial charge in [0.05, 0.1) is 12.4 Å². The van der Waals surface area contributed by atoms with Gasteiger partial charge in [-0.3, -0.25) is 9.80 Å². The van der Waals surface area contributed by atoms with Gasteiger partial charge in [-0.15, -0.1) is 0 Å². The van der Waals surface area contributed by atoms with E-state index in [1.165, 1.54) is 55.1 Å². The fourth-order valence-electron chi connectivity index (χ4n) is 6.83. The molecule has 2 aliphatic heterocycles. The van der Waals surface area contributed by atoms with Crippen molar-refractivity contribution < 1.29 is 4.74 Å². The van der Waals surface area contributed by atoms with Gasteiger partial charge in [-0.2, -0.15) is 0 Å². The molecule has 0 spiro atoms. The number of hydrogen-bond donors (Lipinski definition) is 1. The van der Waals surface area contributed by atoms with E-state index in [1.807, 2.05) is 0 Å². The third-order valence-corrected chi connectivity index (χ3v) is 8.89. The molecule has 2 saturated heterocycles. The molecule has 38 heavy (non-hydrogen) atoms. The molecule has 0 unspecified atom stereocenters. The molecule has 1 saturated carbocycles. The maximum atomic E-state index is 6.53. The summed E-state index contributed by atoms with van der Waals surface area (Å²) in [5.41, 5.74) is 3.01. The molecular formula is C30H37N7O. The molecule has 1 N–H and O–H groups in total. The molecule has 2 aromatic heterocycles. The number of H-pyrrole nitrogens is 1. The molecule has 0 amide bonds. The lowest BCUT2D eigenvalue weighted by Gasteiger charge is -2.38. The second-order valence-corrected chi connectivity index (χ2v) is 11.1. The Morgan fingerprint density at radius 3 is 2.55 bits per heavy atom. The second kappa shape index (κ2) is 10.5. The van der Waals surface area contributed by atoms with Crippen molar-refractivity contribution in [2.24, 2.45) is 0 Å². The lowest BCUT2D eigenvalue weighted by molar-refractivity contribution is 0.0939. The summed E-state index contributed by atoms with van der Waals surface area (Å²) in [4.78, 5) is 24.2. The molecule has 1 aliphatic carbocycles. The average molecular weight is 512 g/mol. The fourth-order valence-corrected chi connectivity index (χ4v) is 6.83. The quantitative estimate of drug-likeness (QED) is 0.388. The highest BCUT2D eigenvalue weighted by Crippen LogP contribution is 2.32. The standard InChI is InChI=1S/C30H37N7O/c1-2-7-23(6-1)36-16-14-35(15-17-36)18-22-11-12-27(26-10-4-3-9-25(22)26)38-19-24-8-5-13-37(24)30-28-29(32-20-31-28)33-21-34-30/h3-4,9-12,20-21,23-24H,1-2,5-8,13-19H2,(H,31,32,33,34)/t24-/m1/s1. The highest BCUT2D eigenvalue weighted by Gasteiger charge is 2.29. The second-order valence-electron chi connectivity index (χ2n) is 11.1. The van der Waals surface area contributed by atoms with Crippen LogP contribution >= 0.6 is 0 Å². The SMILES string of the molecule is c1ccc2c(OC[C@H]3CCCN3c3ncnc4[nH]cnc34)ccc(CN3CCN(C4CCCC4)CC3)c2c1. The first-order valence-electron chi connectivity index (χ1n) is 14.3. The van der Waals surface area contributed by atoms with Gasteiger partial charge in [0.15, 0.2) is 11.5 Å². The zero-order chi connectivity index (χ0) is 25.3. The summed E-state index contributed by atoms with van der Waals surface area (Å²) in [7, 11) is 0. The van der Waals surface area contributed by atoms with Crippen LogP contribution in [-0.4, -0.2) is 81.2 Å². The van der Waals surface area contributed by atoms with E-state index >= 15 is 0 Å². The summed E-state index contributed by atoms with van der Waals surface area (Å²) in [5, 5.41) is 2.51. The third-order valence-electron chi connectivity index (χ3n) is 8.89. The molecule has 0 radical (unpaired) electrons. The minimum Gasteiger partial charge on any atom is -0.491 e. The van der Waals surface area contributed by atoms with E-state index in [1.54, 1.807) is 12.7 Å². The van der Waals surface area contributed by atoms with Crippen LogP contribution in [0.1, 0.15) is 44.1 Å². The van der Waals surface area contributed by atoms with Crippen LogP contribution in [-0.2, 0) is 6.54 Å². The number of ether oxygens (including phenoxy) is 1. The summed E-state index contributed by atoms with van der Waals surface area (Å²) >= 11 is 0. The average Bonchev–Trinajstić information content (AvgIpc) is 3.75. The number of piperazine rings is 1. The van der Waals surface area contributed by atoms with Crippen LogP contribution in [0.4, 0.5) is 5.82 Å². The number of aromatic nitrogens is 4. The molecule has 7 rings (SSSR count). The van der Waals surface area contributed by atoms with E-state index in [0.29, 0.717) is 6.61 Å². The third kappa shape index (κ3) is 4.60. The number of fused-ring (bicyclic) bond motifs is 2. The summed E-state index contributed by atoms with van der Waals surface area (Å²) < 4.78 is 6.53. The van der Waals surface area contributed by atoms with Crippen LogP contribution in [0, 0.1) is 0 Å². The highest BCUT2D eigenvalue weighted by molar-refractivity contribution is 5.91. The molecule has 3 aliphatic rings. The number of benzene rings is 2. The Bertz CT molecular complexity index is 1390. The Morgan fingerprint density at radius 2 is 1.68 bits per heavy atom. The normalized spacial score (nSPS) is 21.7. The first-order valence-corrected chi connectivity index (χ1v) is 14.3. The Morgan fingerprint density at radius 1 is 0.842 bits per heavy atom. The van der Waals surface area contributed by atoms with Crippen LogP contribution in [0.2, 0.25) is 0 Å². The van der Waals surface area contributed by atoms with Crippen LogP contribution in [0.5, 0.6) is 5.75 Å². The van der Waals surface area contributed by atoms with Gasteiger partial charge in [-0.25, -0.2) is 15.0 Å². The van der Waals surface area contributed by atoms with E-state index in [4.69, 9.17) is 4.74 Å². The van der Waals surface area contributed by atoms with Crippen molar-refractivity contribution in [2.45, 2.75) is 57.2 Å². The van der Waals surface area contributed by atoms with Gasteiger partial charge in [-0.1, -0.05) is 43.2 Å². The van der Waals surface area contributed by atoms with Gasteiger partial charge < -0.3 is 14.6 Å². The topological polar surface area (TPSA) is 73.4 Å². The summed E-state index contributed by atoms with van der Waals surface area (Å²) in [6.45, 7) is 7.32. The monoisotopic (exact) mass is 511 g/mol. The summed E-state index contributed by atoms with van der Waals surface area (Å²) in [6, 6.07) is 14.3. The largest absolute Gasteiger partial charge is 0.491 e. The van der Waals surface area contributed by atoms with Crippen molar-refractivity contribution in [1.29, 1.82) is 0 Å². The van der Waals surface area contributed by atoms with E-state index in [9.17, 15) is 0 Å². The minimum atomic E-state index is 0.263. The minimum absolute atomic E-state index is 0.263. The van der Waals surface area contributed by atoms with E-state index < -0.39 is 0 Å². The van der Waals surface area contributed by atoms with E-state index in [0.717, 1.165) is 67.8 Å². The van der Waals surface area contributed by atoms with Crippen LogP contribution in [0.25, 0.3) is 21.9 Å². The van der Waals surface area contributed by atoms with Crippen molar-refractivity contribution in [3.63, 3.8) is 0 Å². The molecule has 8 heteroatoms. The van der Waals surface area contributed by atoms with Crippen molar-refractivity contribution in [3.05, 3.63) is 54.6 Å². The van der Waals surface area contributed by atoms with E-state index in [-0.39, 0.29) is 6.04 Å². The Labute approximate surface area is 224 Å². The molecule has 4 heterocycles. The van der Waals surface area contributed by atoms with Crippen molar-refractivity contribution in [3.8, 4) is 5.75 Å². The number of anilines is 1. The maximum absolute atomic E-state index is 6.53. The van der Waals surface area contributed by atoms with Gasteiger partial charge in [0.2, 0.25) is 0 Å². The molecule has 198 valence electrons. The first-order chi connectivity index (χ1) is 18.8. The van der Waals surface area contributed by atoms with Crippen LogP contribution in [0.3, 0.4) is 0 Å².